The molecular weight excluding hydrogens is 1900 g/mol. The van der Waals surface area contributed by atoms with E-state index in [0.29, 0.717) is 0 Å². The van der Waals surface area contributed by atoms with E-state index in [0.717, 1.165) is 0 Å². The SMILES string of the molecule is [O]=[Ti]([O-])[O-].[O]=[Ti]([O-])[O-].[O]=[Ti]([O-])[O-].[O]=[Ti]([O-])[O-].[O]=[Ti]([O-])[O-].[O]=[Zr]([O-])[O-].[O]=[Zr]([O-])[O-].[O]=[Zr]([O-])[O-].[O]=[Zr]([O-])[O-].[O]=[Zr]([O-])[O-].[Ta+5].[Ta+5].[Ta+5].[Ta+5]. The normalized spacial score (nSPS) is 5.91. The van der Waals surface area contributed by atoms with Gasteiger partial charge in [-0.15, -0.1) is 0 Å². The van der Waals surface area contributed by atoms with Crippen LogP contribution in [0.4, 0.5) is 0 Å². The molecular formula is O30Ta4Ti5Zr5. The molecule has 44 heavy (non-hydrogen) atoms. The van der Waals surface area contributed by atoms with E-state index in [1.54, 1.807) is 0 Å². The first-order valence-corrected chi connectivity index (χ1v) is 30.7. The summed E-state index contributed by atoms with van der Waals surface area (Å²) in [7, 11) is 0. The fourth-order valence-electron chi connectivity index (χ4n) is 0. The standard InChI is InChI=1S/30O.4Ta.5Ti.5Zr/q;;;;;;;;;;20*-1;4*+5;;;;;;;;;;. The van der Waals surface area contributed by atoms with Crippen LogP contribution in [-0.2, 0) is 326 Å². The topological polar surface area (TPSA) is 632 Å². The maximum Gasteiger partial charge on any atom is 5.00 e. The molecule has 0 aromatic rings. The van der Waals surface area contributed by atoms with Crippen molar-refractivity contribution in [3.05, 3.63) is 0 Å². The van der Waals surface area contributed by atoms with Crippen molar-refractivity contribution in [2.45, 2.75) is 0 Å². The van der Waals surface area contributed by atoms with Gasteiger partial charge in [-0.2, -0.15) is 0 Å². The molecule has 0 aliphatic heterocycles. The Morgan fingerprint density at radius 1 is 0.250 bits per heavy atom. The van der Waals surface area contributed by atoms with E-state index in [1.165, 1.54) is 0 Å². The largest absolute Gasteiger partial charge is 5.00 e. The van der Waals surface area contributed by atoms with Crippen LogP contribution in [0.15, 0.2) is 0 Å². The van der Waals surface area contributed by atoms with Gasteiger partial charge in [-0.05, 0) is 0 Å². The molecule has 0 aliphatic carbocycles. The average Bonchev–Trinajstić information content (AvgIpc) is 2.47. The van der Waals surface area contributed by atoms with E-state index in [-0.39, 0.29) is 89.5 Å². The third-order valence-electron chi connectivity index (χ3n) is 0. The van der Waals surface area contributed by atoms with Crippen molar-refractivity contribution in [1.29, 1.82) is 0 Å². The molecule has 0 aromatic carbocycles. The molecule has 0 rings (SSSR count). The van der Waals surface area contributed by atoms with Crippen LogP contribution in [0.25, 0.3) is 0 Å². The van der Waals surface area contributed by atoms with Crippen LogP contribution in [0.1, 0.15) is 0 Å². The van der Waals surface area contributed by atoms with Crippen LogP contribution < -0.4 is 68.7 Å². The molecule has 44 heteroatoms. The third-order valence-corrected chi connectivity index (χ3v) is 0. The van der Waals surface area contributed by atoms with Crippen LogP contribution >= 0.6 is 0 Å². The van der Waals surface area contributed by atoms with E-state index < -0.39 is 206 Å². The van der Waals surface area contributed by atoms with Gasteiger partial charge in [0, 0.05) is 0 Å². The summed E-state index contributed by atoms with van der Waals surface area (Å²) < 4.78 is 258. The summed E-state index contributed by atoms with van der Waals surface area (Å²) in [4.78, 5) is 0. The first kappa shape index (κ1) is 93.7. The maximum absolute atomic E-state index is 8.61. The molecule has 0 bridgehead atoms. The van der Waals surface area contributed by atoms with E-state index in [1.807, 2.05) is 0 Å². The summed E-state index contributed by atoms with van der Waals surface area (Å²) >= 11 is -41.9. The molecule has 0 fully saturated rings. The van der Waals surface area contributed by atoms with Gasteiger partial charge in [-0.1, -0.05) is 0 Å². The van der Waals surface area contributed by atoms with Gasteiger partial charge >= 0.3 is 395 Å². The van der Waals surface area contributed by atoms with Gasteiger partial charge < -0.3 is 0 Å². The Bertz CT molecular complexity index is 491. The molecule has 0 saturated carbocycles. The van der Waals surface area contributed by atoms with Crippen LogP contribution in [0.3, 0.4) is 0 Å². The number of hydrogen-bond acceptors (Lipinski definition) is 30. The zero-order valence-electron chi connectivity index (χ0n) is 19.0. The molecule has 30 nitrogen and oxygen atoms in total. The van der Waals surface area contributed by atoms with Gasteiger partial charge in [0.05, 0.1) is 0 Å². The van der Waals surface area contributed by atoms with E-state index >= 15 is 0 Å². The molecule has 0 amide bonds. The molecule has 0 saturated heterocycles. The second kappa shape index (κ2) is 88.4. The van der Waals surface area contributed by atoms with Crippen LogP contribution in [0.5, 0.6) is 0 Å². The zero-order chi connectivity index (χ0) is 35.8. The first-order chi connectivity index (χ1) is 17.3. The summed E-state index contributed by atoms with van der Waals surface area (Å²) in [6.07, 6.45) is 0. The quantitative estimate of drug-likeness (QED) is 0.203. The van der Waals surface area contributed by atoms with Gasteiger partial charge in [0.1, 0.15) is 0 Å². The predicted molar refractivity (Wildman–Crippen MR) is 6.86 cm³/mol. The smallest absolute Gasteiger partial charge is 5.00 e. The zero-order valence-corrected chi connectivity index (χ0v) is 52.0. The Hall–Kier alpha value is 8.15. The molecule has 0 atom stereocenters. The van der Waals surface area contributed by atoms with Gasteiger partial charge in [-0.3, -0.25) is 0 Å². The minimum Gasteiger partial charge on any atom is 5.00 e. The fraction of sp³-hybridized carbons (Fsp3) is 0. The summed E-state index contributed by atoms with van der Waals surface area (Å²) in [6.45, 7) is 0. The van der Waals surface area contributed by atoms with Crippen molar-refractivity contribution in [3.8, 4) is 0 Å². The van der Waals surface area contributed by atoms with E-state index in [4.69, 9.17) is 99.4 Å². The van der Waals surface area contributed by atoms with E-state index in [9.17, 15) is 0 Å². The molecule has 0 radical (unpaired) electrons. The summed E-state index contributed by atoms with van der Waals surface area (Å²) in [5.41, 5.74) is 0. The van der Waals surface area contributed by atoms with Crippen molar-refractivity contribution in [2.24, 2.45) is 0 Å². The average molecular weight is 1900 g/mol. The van der Waals surface area contributed by atoms with Gasteiger partial charge in [0.2, 0.25) is 0 Å². The second-order valence-electron chi connectivity index (χ2n) is 2.50. The summed E-state index contributed by atoms with van der Waals surface area (Å²) in [5.74, 6) is 0. The van der Waals surface area contributed by atoms with Gasteiger partial charge in [0.15, 0.2) is 0 Å². The molecule has 0 heterocycles. The maximum atomic E-state index is 8.61. The van der Waals surface area contributed by atoms with Crippen molar-refractivity contribution in [3.63, 3.8) is 0 Å². The predicted octanol–water partition coefficient (Wildman–Crippen LogP) is -25.0. The van der Waals surface area contributed by atoms with Gasteiger partial charge in [0.25, 0.3) is 0 Å². The monoisotopic (exact) mass is 1890 g/mol. The minimum absolute atomic E-state index is 0. The summed E-state index contributed by atoms with van der Waals surface area (Å²) in [5, 5.41) is 0. The Balaban J connectivity index is -0.0000000187. The fourth-order valence-corrected chi connectivity index (χ4v) is 0. The molecule has 0 N–H and O–H groups in total. The van der Waals surface area contributed by atoms with Crippen molar-refractivity contribution in [2.75, 3.05) is 0 Å². The molecule has 0 aliphatic rings. The van der Waals surface area contributed by atoms with Crippen molar-refractivity contribution < 1.29 is 395 Å². The molecule has 0 spiro atoms. The molecule has 0 aromatic heterocycles. The van der Waals surface area contributed by atoms with Crippen molar-refractivity contribution >= 4 is 0 Å². The Morgan fingerprint density at radius 2 is 0.250 bits per heavy atom. The second-order valence-corrected chi connectivity index (χ2v) is 12.5. The molecule has 0 unspecified atom stereocenters. The Kier molecular flexibility index (Phi) is 188. The van der Waals surface area contributed by atoms with E-state index in [2.05, 4.69) is 0 Å². The number of rotatable bonds is 0. The van der Waals surface area contributed by atoms with Crippen LogP contribution in [0, 0.1) is 0 Å². The van der Waals surface area contributed by atoms with Crippen molar-refractivity contribution in [1.82, 2.24) is 0 Å². The van der Waals surface area contributed by atoms with Crippen LogP contribution in [-0.4, -0.2) is 0 Å². The summed E-state index contributed by atoms with van der Waals surface area (Å²) in [6, 6.07) is 0. The van der Waals surface area contributed by atoms with Gasteiger partial charge in [-0.25, -0.2) is 0 Å². The Morgan fingerprint density at radius 3 is 0.250 bits per heavy atom. The minimum atomic E-state index is -4.29. The number of hydrogen-bond donors (Lipinski definition) is 0. The molecule has 240 valence electrons. The Labute approximate surface area is 385 Å². The third kappa shape index (κ3) is 1820. The van der Waals surface area contributed by atoms with Crippen LogP contribution in [0.2, 0.25) is 0 Å². The first-order valence-electron chi connectivity index (χ1n) is 6.12.